The van der Waals surface area contributed by atoms with Crippen LogP contribution in [0.15, 0.2) is 29.3 Å². The number of piperazine rings is 1. The molecule has 1 amide bonds. The van der Waals surface area contributed by atoms with Crippen LogP contribution in [0.2, 0.25) is 0 Å². The van der Waals surface area contributed by atoms with Crippen molar-refractivity contribution in [1.82, 2.24) is 9.80 Å². The van der Waals surface area contributed by atoms with Crippen molar-refractivity contribution in [1.29, 1.82) is 0 Å². The van der Waals surface area contributed by atoms with E-state index in [1.807, 2.05) is 25.7 Å². The summed E-state index contributed by atoms with van der Waals surface area (Å²) in [7, 11) is 0. The summed E-state index contributed by atoms with van der Waals surface area (Å²) in [5, 5.41) is 0. The number of amides is 1. The van der Waals surface area contributed by atoms with E-state index in [4.69, 9.17) is 10.5 Å². The molecule has 0 spiro atoms. The highest BCUT2D eigenvalue weighted by Crippen LogP contribution is 2.12. The molecule has 1 fully saturated rings. The zero-order chi connectivity index (χ0) is 17.7. The Kier molecular flexibility index (Phi) is 7.91. The van der Waals surface area contributed by atoms with Gasteiger partial charge in [-0.15, -0.1) is 24.0 Å². The molecule has 0 radical (unpaired) electrons. The fourth-order valence-corrected chi connectivity index (χ4v) is 2.35. The summed E-state index contributed by atoms with van der Waals surface area (Å²) in [5.41, 5.74) is 6.27. The van der Waals surface area contributed by atoms with Gasteiger partial charge < -0.3 is 20.3 Å². The van der Waals surface area contributed by atoms with Crippen LogP contribution in [0, 0.1) is 5.82 Å². The second-order valence-electron chi connectivity index (χ2n) is 6.76. The zero-order valence-corrected chi connectivity index (χ0v) is 17.2. The standard InChI is InChI=1S/C17H25FN4O2.HI/c1-17(2,3)24-16(23)22-9-7-21(8-10-22)15(19)20-12-13-5-4-6-14(18)11-13;/h4-6,11H,7-10,12H2,1-3H3,(H2,19,20);1H. The van der Waals surface area contributed by atoms with E-state index in [0.29, 0.717) is 38.7 Å². The number of ether oxygens (including phenoxy) is 1. The lowest BCUT2D eigenvalue weighted by Crippen LogP contribution is -2.53. The number of aliphatic imine (C=N–C) groups is 1. The summed E-state index contributed by atoms with van der Waals surface area (Å²) in [5.74, 6) is 0.121. The highest BCUT2D eigenvalue weighted by Gasteiger charge is 2.26. The molecule has 1 aliphatic rings. The predicted molar refractivity (Wildman–Crippen MR) is 107 cm³/mol. The van der Waals surface area contributed by atoms with Crippen LogP contribution >= 0.6 is 24.0 Å². The molecule has 0 aliphatic carbocycles. The monoisotopic (exact) mass is 464 g/mol. The van der Waals surface area contributed by atoms with E-state index in [-0.39, 0.29) is 35.9 Å². The van der Waals surface area contributed by atoms with Crippen molar-refractivity contribution in [3.8, 4) is 0 Å². The number of nitrogens with zero attached hydrogens (tertiary/aromatic N) is 3. The third-order valence-corrected chi connectivity index (χ3v) is 3.57. The van der Waals surface area contributed by atoms with Crippen LogP contribution in [0.1, 0.15) is 26.3 Å². The van der Waals surface area contributed by atoms with Gasteiger partial charge in [0.25, 0.3) is 0 Å². The van der Waals surface area contributed by atoms with Crippen LogP contribution in [0.5, 0.6) is 0 Å². The molecular weight excluding hydrogens is 438 g/mol. The fourth-order valence-electron chi connectivity index (χ4n) is 2.35. The van der Waals surface area contributed by atoms with Crippen LogP contribution in [0.3, 0.4) is 0 Å². The molecule has 25 heavy (non-hydrogen) atoms. The number of benzene rings is 1. The molecule has 1 aromatic carbocycles. The van der Waals surface area contributed by atoms with Crippen LogP contribution < -0.4 is 5.73 Å². The number of carbonyl (C=O) groups excluding carboxylic acids is 1. The maximum absolute atomic E-state index is 13.1. The van der Waals surface area contributed by atoms with E-state index in [1.165, 1.54) is 12.1 Å². The van der Waals surface area contributed by atoms with Gasteiger partial charge in [-0.05, 0) is 38.5 Å². The minimum atomic E-state index is -0.500. The Bertz CT molecular complexity index is 611. The first kappa shape index (κ1) is 21.5. The molecule has 140 valence electrons. The van der Waals surface area contributed by atoms with Crippen LogP contribution in [0.4, 0.5) is 9.18 Å². The SMILES string of the molecule is CC(C)(C)OC(=O)N1CCN(C(N)=NCc2cccc(F)c2)CC1.I. The average molecular weight is 464 g/mol. The lowest BCUT2D eigenvalue weighted by atomic mass is 10.2. The molecule has 1 heterocycles. The van der Waals surface area contributed by atoms with Gasteiger partial charge in [0, 0.05) is 26.2 Å². The maximum atomic E-state index is 13.1. The Labute approximate surface area is 165 Å². The first-order valence-electron chi connectivity index (χ1n) is 8.02. The Morgan fingerprint density at radius 1 is 1.24 bits per heavy atom. The molecule has 0 atom stereocenters. The summed E-state index contributed by atoms with van der Waals surface area (Å²) >= 11 is 0. The zero-order valence-electron chi connectivity index (χ0n) is 14.9. The molecule has 0 unspecified atom stereocenters. The summed E-state index contributed by atoms with van der Waals surface area (Å²) in [4.78, 5) is 19.9. The van der Waals surface area contributed by atoms with E-state index in [0.717, 1.165) is 5.56 Å². The van der Waals surface area contributed by atoms with Gasteiger partial charge in [-0.1, -0.05) is 12.1 Å². The Balaban J connectivity index is 0.00000312. The molecule has 2 rings (SSSR count). The normalized spacial score (nSPS) is 15.6. The second-order valence-corrected chi connectivity index (χ2v) is 6.76. The van der Waals surface area contributed by atoms with Gasteiger partial charge in [0.15, 0.2) is 5.96 Å². The molecule has 1 aliphatic heterocycles. The van der Waals surface area contributed by atoms with Crippen molar-refractivity contribution < 1.29 is 13.9 Å². The van der Waals surface area contributed by atoms with Gasteiger partial charge in [-0.3, -0.25) is 0 Å². The van der Waals surface area contributed by atoms with Crippen molar-refractivity contribution in [2.45, 2.75) is 32.9 Å². The lowest BCUT2D eigenvalue weighted by Gasteiger charge is -2.36. The van der Waals surface area contributed by atoms with Gasteiger partial charge in [-0.25, -0.2) is 14.2 Å². The van der Waals surface area contributed by atoms with Crippen LogP contribution in [0.25, 0.3) is 0 Å². The molecule has 2 N–H and O–H groups in total. The van der Waals surface area contributed by atoms with Gasteiger partial charge in [0.05, 0.1) is 6.54 Å². The van der Waals surface area contributed by atoms with Crippen molar-refractivity contribution in [2.24, 2.45) is 10.7 Å². The van der Waals surface area contributed by atoms with Crippen molar-refractivity contribution in [2.75, 3.05) is 26.2 Å². The lowest BCUT2D eigenvalue weighted by molar-refractivity contribution is 0.0186. The summed E-state index contributed by atoms with van der Waals surface area (Å²) in [6, 6.07) is 6.29. The van der Waals surface area contributed by atoms with E-state index in [9.17, 15) is 9.18 Å². The molecule has 0 saturated carbocycles. The Hall–Kier alpha value is -1.58. The Morgan fingerprint density at radius 3 is 2.40 bits per heavy atom. The number of carbonyl (C=O) groups is 1. The van der Waals surface area contributed by atoms with Gasteiger partial charge in [-0.2, -0.15) is 0 Å². The molecule has 1 saturated heterocycles. The summed E-state index contributed by atoms with van der Waals surface area (Å²) in [6.45, 7) is 8.12. The third-order valence-electron chi connectivity index (χ3n) is 3.57. The number of halogens is 2. The number of guanidine groups is 1. The first-order chi connectivity index (χ1) is 11.2. The predicted octanol–water partition coefficient (Wildman–Crippen LogP) is 2.81. The minimum Gasteiger partial charge on any atom is -0.444 e. The highest BCUT2D eigenvalue weighted by molar-refractivity contribution is 14.0. The van der Waals surface area contributed by atoms with Gasteiger partial charge >= 0.3 is 6.09 Å². The molecule has 1 aromatic rings. The minimum absolute atomic E-state index is 0. The topological polar surface area (TPSA) is 71.2 Å². The summed E-state index contributed by atoms with van der Waals surface area (Å²) < 4.78 is 18.5. The summed E-state index contributed by atoms with van der Waals surface area (Å²) in [6.07, 6.45) is -0.308. The molecule has 0 bridgehead atoms. The van der Waals surface area contributed by atoms with Gasteiger partial charge in [0.1, 0.15) is 11.4 Å². The first-order valence-corrected chi connectivity index (χ1v) is 8.02. The van der Waals surface area contributed by atoms with E-state index in [2.05, 4.69) is 4.99 Å². The Morgan fingerprint density at radius 2 is 1.84 bits per heavy atom. The van der Waals surface area contributed by atoms with Crippen LogP contribution in [-0.4, -0.2) is 53.6 Å². The number of hydrogen-bond acceptors (Lipinski definition) is 3. The van der Waals surface area contributed by atoms with E-state index < -0.39 is 5.60 Å². The van der Waals surface area contributed by atoms with Crippen molar-refractivity contribution >= 4 is 36.0 Å². The molecule has 0 aromatic heterocycles. The third kappa shape index (κ3) is 7.05. The highest BCUT2D eigenvalue weighted by atomic mass is 127. The van der Waals surface area contributed by atoms with Gasteiger partial charge in [0.2, 0.25) is 0 Å². The van der Waals surface area contributed by atoms with Crippen molar-refractivity contribution in [3.63, 3.8) is 0 Å². The number of nitrogens with two attached hydrogens (primary N) is 1. The van der Waals surface area contributed by atoms with Crippen molar-refractivity contribution in [3.05, 3.63) is 35.6 Å². The largest absolute Gasteiger partial charge is 0.444 e. The smallest absolute Gasteiger partial charge is 0.410 e. The second kappa shape index (κ2) is 9.21. The van der Waals surface area contributed by atoms with E-state index in [1.54, 1.807) is 17.0 Å². The van der Waals surface area contributed by atoms with Crippen LogP contribution in [-0.2, 0) is 11.3 Å². The average Bonchev–Trinajstić information content (AvgIpc) is 2.51. The quantitative estimate of drug-likeness (QED) is 0.415. The maximum Gasteiger partial charge on any atom is 0.410 e. The molecular formula is C17H26FIN4O2. The molecule has 6 nitrogen and oxygen atoms in total. The fraction of sp³-hybridized carbons (Fsp3) is 0.529. The van der Waals surface area contributed by atoms with E-state index >= 15 is 0 Å². The number of rotatable bonds is 2. The molecule has 8 heteroatoms. The number of hydrogen-bond donors (Lipinski definition) is 1.